The largest absolute Gasteiger partial charge is 0.496 e. The minimum absolute atomic E-state index is 0.0720. The molecule has 0 aliphatic heterocycles. The molecule has 0 spiro atoms. The Morgan fingerprint density at radius 2 is 1.90 bits per heavy atom. The van der Waals surface area contributed by atoms with Gasteiger partial charge in [-0.1, -0.05) is 30.3 Å². The molecule has 1 aromatic heterocycles. The van der Waals surface area contributed by atoms with Crippen LogP contribution in [0, 0.1) is 12.7 Å². The fourth-order valence-corrected chi connectivity index (χ4v) is 3.02. The standard InChI is InChI=1S/C23H21FN2O3/c1-4-11-26-20(14-16-7-5-6-8-21(16)29-3)22(27)25-19(23(26)28)13-17-12-18(24)10-9-15(17)2/h4-10,12-14H,1,11H2,2-3H3,(H,25,27)/b19-13+,20-14+. The predicted octanol–water partition coefficient (Wildman–Crippen LogP) is 1.84. The Labute approximate surface area is 166 Å². The van der Waals surface area contributed by atoms with Crippen LogP contribution in [0.25, 0.3) is 12.2 Å². The second-order valence-electron chi connectivity index (χ2n) is 6.49. The summed E-state index contributed by atoms with van der Waals surface area (Å²) in [5.41, 5.74) is 1.11. The summed E-state index contributed by atoms with van der Waals surface area (Å²) in [6, 6.07) is 11.5. The van der Waals surface area contributed by atoms with Crippen LogP contribution in [0.2, 0.25) is 0 Å². The average molecular weight is 392 g/mol. The summed E-state index contributed by atoms with van der Waals surface area (Å²) in [4.78, 5) is 28.5. The van der Waals surface area contributed by atoms with E-state index in [1.165, 1.54) is 36.0 Å². The lowest BCUT2D eigenvalue weighted by atomic mass is 10.1. The minimum atomic E-state index is -0.447. The molecule has 0 unspecified atom stereocenters. The van der Waals surface area contributed by atoms with Gasteiger partial charge in [-0.05, 0) is 48.4 Å². The van der Waals surface area contributed by atoms with E-state index in [1.54, 1.807) is 31.2 Å². The first-order chi connectivity index (χ1) is 13.9. The molecule has 0 saturated carbocycles. The first-order valence-corrected chi connectivity index (χ1v) is 9.01. The maximum atomic E-state index is 13.6. The lowest BCUT2D eigenvalue weighted by Crippen LogP contribution is -2.53. The van der Waals surface area contributed by atoms with Crippen LogP contribution >= 0.6 is 0 Å². The molecule has 1 N–H and O–H groups in total. The molecule has 0 radical (unpaired) electrons. The topological polar surface area (TPSA) is 64.1 Å². The van der Waals surface area contributed by atoms with E-state index in [4.69, 9.17) is 4.74 Å². The van der Waals surface area contributed by atoms with Crippen molar-refractivity contribution in [3.05, 3.63) is 109 Å². The Balaban J connectivity index is 2.33. The number of rotatable bonds is 5. The van der Waals surface area contributed by atoms with Crippen molar-refractivity contribution in [2.24, 2.45) is 0 Å². The summed E-state index contributed by atoms with van der Waals surface area (Å²) < 4.78 is 20.3. The first-order valence-electron chi connectivity index (χ1n) is 9.01. The normalized spacial score (nSPS) is 12.2. The molecule has 1 heterocycles. The zero-order chi connectivity index (χ0) is 21.0. The summed E-state index contributed by atoms with van der Waals surface area (Å²) in [6.45, 7) is 5.62. The monoisotopic (exact) mass is 392 g/mol. The smallest absolute Gasteiger partial charge is 0.275 e. The zero-order valence-electron chi connectivity index (χ0n) is 16.2. The van der Waals surface area contributed by atoms with Gasteiger partial charge in [0.25, 0.3) is 11.1 Å². The molecule has 0 saturated heterocycles. The third-order valence-electron chi connectivity index (χ3n) is 4.53. The number of allylic oxidation sites excluding steroid dienone is 1. The molecule has 5 nitrogen and oxygen atoms in total. The third kappa shape index (κ3) is 4.27. The van der Waals surface area contributed by atoms with Crippen LogP contribution in [0.4, 0.5) is 4.39 Å². The van der Waals surface area contributed by atoms with Gasteiger partial charge in [0.2, 0.25) is 0 Å². The maximum absolute atomic E-state index is 13.6. The molecule has 29 heavy (non-hydrogen) atoms. The fraction of sp³-hybridized carbons (Fsp3) is 0.130. The van der Waals surface area contributed by atoms with E-state index in [0.717, 1.165) is 5.56 Å². The number of halogens is 1. The average Bonchev–Trinajstić information content (AvgIpc) is 2.71. The summed E-state index contributed by atoms with van der Waals surface area (Å²) in [7, 11) is 1.53. The highest BCUT2D eigenvalue weighted by molar-refractivity contribution is 5.56. The first kappa shape index (κ1) is 20.1. The second-order valence-corrected chi connectivity index (χ2v) is 6.49. The number of hydrogen-bond donors (Lipinski definition) is 1. The van der Waals surface area contributed by atoms with Gasteiger partial charge in [0, 0.05) is 12.1 Å². The second kappa shape index (κ2) is 8.56. The number of methoxy groups -OCH3 is 1. The number of aryl methyl sites for hydroxylation is 1. The molecular weight excluding hydrogens is 371 g/mol. The van der Waals surface area contributed by atoms with Crippen LogP contribution in [0.15, 0.2) is 64.7 Å². The van der Waals surface area contributed by atoms with Crippen molar-refractivity contribution >= 4 is 12.2 Å². The van der Waals surface area contributed by atoms with Crippen molar-refractivity contribution in [3.8, 4) is 5.75 Å². The van der Waals surface area contributed by atoms with Crippen molar-refractivity contribution in [1.82, 2.24) is 9.55 Å². The SMILES string of the molecule is C=CCn1c(=O)/c(=C\c2cc(F)ccc2C)[nH]c(=O)/c1=C\c1ccccc1OC. The van der Waals surface area contributed by atoms with Gasteiger partial charge in [0.15, 0.2) is 0 Å². The van der Waals surface area contributed by atoms with Crippen LogP contribution in [-0.4, -0.2) is 16.7 Å². The lowest BCUT2D eigenvalue weighted by molar-refractivity contribution is 0.414. The van der Waals surface area contributed by atoms with E-state index >= 15 is 0 Å². The van der Waals surface area contributed by atoms with Crippen molar-refractivity contribution in [3.63, 3.8) is 0 Å². The molecule has 3 rings (SSSR count). The zero-order valence-corrected chi connectivity index (χ0v) is 16.2. The van der Waals surface area contributed by atoms with Crippen LogP contribution in [0.1, 0.15) is 16.7 Å². The number of benzene rings is 2. The Kier molecular flexibility index (Phi) is 5.93. The molecule has 3 aromatic rings. The molecule has 6 heteroatoms. The summed E-state index contributed by atoms with van der Waals surface area (Å²) in [5.74, 6) is 0.160. The van der Waals surface area contributed by atoms with Gasteiger partial charge in [-0.3, -0.25) is 14.2 Å². The molecule has 0 amide bonds. The number of nitrogens with one attached hydrogen (secondary N) is 1. The summed E-state index contributed by atoms with van der Waals surface area (Å²) >= 11 is 0. The van der Waals surface area contributed by atoms with E-state index < -0.39 is 16.9 Å². The molecule has 0 aliphatic rings. The van der Waals surface area contributed by atoms with Gasteiger partial charge < -0.3 is 9.72 Å². The predicted molar refractivity (Wildman–Crippen MR) is 112 cm³/mol. The molecule has 0 bridgehead atoms. The number of aromatic nitrogens is 2. The van der Waals surface area contributed by atoms with Crippen molar-refractivity contribution < 1.29 is 9.13 Å². The summed E-state index contributed by atoms with van der Waals surface area (Å²) in [5, 5.41) is 0.246. The van der Waals surface area contributed by atoms with Crippen molar-refractivity contribution in [2.45, 2.75) is 13.5 Å². The van der Waals surface area contributed by atoms with Gasteiger partial charge in [-0.25, -0.2) is 4.39 Å². The van der Waals surface area contributed by atoms with Crippen molar-refractivity contribution in [2.75, 3.05) is 7.11 Å². The van der Waals surface area contributed by atoms with Crippen LogP contribution in [0.5, 0.6) is 5.75 Å². The lowest BCUT2D eigenvalue weighted by Gasteiger charge is -2.07. The Hall–Kier alpha value is -3.67. The van der Waals surface area contributed by atoms with Gasteiger partial charge in [0.05, 0.1) is 7.11 Å². The highest BCUT2D eigenvalue weighted by Crippen LogP contribution is 2.17. The Bertz CT molecular complexity index is 1300. The van der Waals surface area contributed by atoms with Gasteiger partial charge in [-0.2, -0.15) is 0 Å². The third-order valence-corrected chi connectivity index (χ3v) is 4.53. The maximum Gasteiger partial charge on any atom is 0.275 e. The number of ether oxygens (including phenoxy) is 1. The summed E-state index contributed by atoms with van der Waals surface area (Å²) in [6.07, 6.45) is 4.62. The number of H-pyrrole nitrogens is 1. The molecule has 0 aliphatic carbocycles. The molecular formula is C23H21FN2O3. The van der Waals surface area contributed by atoms with E-state index in [-0.39, 0.29) is 17.2 Å². The molecule has 0 fully saturated rings. The quantitative estimate of drug-likeness (QED) is 0.674. The fourth-order valence-electron chi connectivity index (χ4n) is 3.02. The van der Waals surface area contributed by atoms with E-state index in [1.807, 2.05) is 12.1 Å². The van der Waals surface area contributed by atoms with Crippen LogP contribution in [0.3, 0.4) is 0 Å². The van der Waals surface area contributed by atoms with Gasteiger partial charge in [0.1, 0.15) is 22.3 Å². The number of aromatic amines is 1. The van der Waals surface area contributed by atoms with Crippen molar-refractivity contribution in [1.29, 1.82) is 0 Å². The Morgan fingerprint density at radius 1 is 1.14 bits per heavy atom. The molecule has 148 valence electrons. The van der Waals surface area contributed by atoms with Gasteiger partial charge >= 0.3 is 0 Å². The van der Waals surface area contributed by atoms with Gasteiger partial charge in [-0.15, -0.1) is 6.58 Å². The highest BCUT2D eigenvalue weighted by Gasteiger charge is 2.07. The minimum Gasteiger partial charge on any atom is -0.496 e. The Morgan fingerprint density at radius 3 is 2.62 bits per heavy atom. The highest BCUT2D eigenvalue weighted by atomic mass is 19.1. The van der Waals surface area contributed by atoms with Crippen LogP contribution < -0.4 is 26.6 Å². The number of nitrogens with zero attached hydrogens (tertiary/aromatic N) is 1. The molecule has 2 aromatic carbocycles. The van der Waals surface area contributed by atoms with E-state index in [0.29, 0.717) is 16.9 Å². The number of hydrogen-bond acceptors (Lipinski definition) is 3. The number of para-hydroxylation sites is 1. The molecule has 0 atom stereocenters. The van der Waals surface area contributed by atoms with E-state index in [2.05, 4.69) is 11.6 Å². The van der Waals surface area contributed by atoms with E-state index in [9.17, 15) is 14.0 Å². The van der Waals surface area contributed by atoms with Crippen LogP contribution in [-0.2, 0) is 6.54 Å².